The molecule has 0 aliphatic rings. The van der Waals surface area contributed by atoms with E-state index in [1.807, 2.05) is 66.7 Å². The van der Waals surface area contributed by atoms with Gasteiger partial charge in [-0.15, -0.1) is 0 Å². The van der Waals surface area contributed by atoms with Gasteiger partial charge < -0.3 is 9.13 Å². The highest BCUT2D eigenvalue weighted by molar-refractivity contribution is 6.13. The largest absolute Gasteiger partial charge is 0.416 e. The summed E-state index contributed by atoms with van der Waals surface area (Å²) < 4.78 is 49.5. The Balaban J connectivity index is 1.24. The molecular formula is C67H45F3N4. The summed E-state index contributed by atoms with van der Waals surface area (Å²) in [5.74, 6) is 0. The zero-order valence-electron chi connectivity index (χ0n) is 41.0. The number of rotatable bonds is 7. The number of halogens is 3. The maximum atomic E-state index is 15.1. The zero-order valence-corrected chi connectivity index (χ0v) is 41.0. The van der Waals surface area contributed by atoms with Crippen LogP contribution in [0.1, 0.15) is 38.9 Å². The predicted molar refractivity (Wildman–Crippen MR) is 296 cm³/mol. The van der Waals surface area contributed by atoms with Gasteiger partial charge in [-0.05, 0) is 155 Å². The van der Waals surface area contributed by atoms with Crippen LogP contribution >= 0.6 is 0 Å². The summed E-state index contributed by atoms with van der Waals surface area (Å²) in [4.78, 5) is 0. The van der Waals surface area contributed by atoms with E-state index >= 15 is 13.2 Å². The van der Waals surface area contributed by atoms with Gasteiger partial charge in [0.1, 0.15) is 6.07 Å². The molecule has 0 bridgehead atoms. The first-order valence-corrected chi connectivity index (χ1v) is 24.5. The van der Waals surface area contributed by atoms with Crippen molar-refractivity contribution in [3.8, 4) is 79.1 Å². The lowest BCUT2D eigenvalue weighted by Crippen LogP contribution is -2.07. The molecule has 0 spiro atoms. The van der Waals surface area contributed by atoms with Crippen molar-refractivity contribution in [3.63, 3.8) is 0 Å². The molecule has 12 aromatic rings. The fourth-order valence-corrected chi connectivity index (χ4v) is 11.1. The van der Waals surface area contributed by atoms with E-state index in [1.165, 1.54) is 6.07 Å². The number of nitrogens with zero attached hydrogens (tertiary/aromatic N) is 4. The highest BCUT2D eigenvalue weighted by Crippen LogP contribution is 2.45. The van der Waals surface area contributed by atoms with Gasteiger partial charge in [0.2, 0.25) is 0 Å². The average molecular weight is 963 g/mol. The fourth-order valence-electron chi connectivity index (χ4n) is 11.1. The molecule has 2 aromatic heterocycles. The van der Waals surface area contributed by atoms with Gasteiger partial charge in [0.25, 0.3) is 0 Å². The Bertz CT molecular complexity index is 4180. The lowest BCUT2D eigenvalue weighted by atomic mass is 9.95. The number of benzene rings is 10. The Labute approximate surface area is 426 Å². The van der Waals surface area contributed by atoms with Crippen molar-refractivity contribution in [2.45, 2.75) is 33.9 Å². The molecule has 74 heavy (non-hydrogen) atoms. The summed E-state index contributed by atoms with van der Waals surface area (Å²) in [6.45, 7) is 8.30. The molecule has 354 valence electrons. The van der Waals surface area contributed by atoms with Crippen molar-refractivity contribution in [1.82, 2.24) is 9.13 Å². The lowest BCUT2D eigenvalue weighted by Gasteiger charge is -2.20. The number of hydrogen-bond donors (Lipinski definition) is 0. The van der Waals surface area contributed by atoms with Crippen LogP contribution in [-0.2, 0) is 6.18 Å². The molecule has 0 fully saturated rings. The average Bonchev–Trinajstić information content (AvgIpc) is 3.91. The van der Waals surface area contributed by atoms with E-state index < -0.39 is 11.7 Å². The minimum atomic E-state index is -4.76. The van der Waals surface area contributed by atoms with Crippen molar-refractivity contribution in [1.29, 1.82) is 10.5 Å². The van der Waals surface area contributed by atoms with Crippen LogP contribution in [0.5, 0.6) is 0 Å². The Morgan fingerprint density at radius 1 is 0.351 bits per heavy atom. The summed E-state index contributed by atoms with van der Waals surface area (Å²) in [7, 11) is 0. The molecule has 12 rings (SSSR count). The molecule has 0 amide bonds. The fraction of sp³-hybridized carbons (Fsp3) is 0.0746. The molecular weight excluding hydrogens is 918 g/mol. The minimum Gasteiger partial charge on any atom is -0.309 e. The normalized spacial score (nSPS) is 11.7. The number of nitriles is 2. The second kappa shape index (κ2) is 17.7. The van der Waals surface area contributed by atoms with Gasteiger partial charge >= 0.3 is 6.18 Å². The molecule has 0 radical (unpaired) electrons. The maximum absolute atomic E-state index is 15.1. The van der Waals surface area contributed by atoms with E-state index in [4.69, 9.17) is 0 Å². The van der Waals surface area contributed by atoms with Crippen LogP contribution in [-0.4, -0.2) is 9.13 Å². The first kappa shape index (κ1) is 45.7. The summed E-state index contributed by atoms with van der Waals surface area (Å²) in [5.41, 5.74) is 16.4. The lowest BCUT2D eigenvalue weighted by molar-refractivity contribution is -0.137. The van der Waals surface area contributed by atoms with E-state index in [0.29, 0.717) is 22.5 Å². The Morgan fingerprint density at radius 2 is 0.716 bits per heavy atom. The summed E-state index contributed by atoms with van der Waals surface area (Å²) in [5, 5.41) is 25.8. The second-order valence-corrected chi connectivity index (χ2v) is 19.3. The highest BCUT2D eigenvalue weighted by atomic mass is 19.4. The van der Waals surface area contributed by atoms with E-state index in [-0.39, 0.29) is 11.1 Å². The van der Waals surface area contributed by atoms with Crippen LogP contribution in [0.15, 0.2) is 200 Å². The minimum absolute atomic E-state index is 0.139. The van der Waals surface area contributed by atoms with Crippen LogP contribution in [0.3, 0.4) is 0 Å². The van der Waals surface area contributed by atoms with E-state index in [2.05, 4.69) is 164 Å². The Hall–Kier alpha value is -9.43. The van der Waals surface area contributed by atoms with Crippen molar-refractivity contribution < 1.29 is 13.2 Å². The van der Waals surface area contributed by atoms with Gasteiger partial charge in [-0.2, -0.15) is 23.7 Å². The molecule has 2 heterocycles. The second-order valence-electron chi connectivity index (χ2n) is 19.3. The van der Waals surface area contributed by atoms with Crippen molar-refractivity contribution in [2.75, 3.05) is 0 Å². The first-order valence-electron chi connectivity index (χ1n) is 24.5. The molecule has 0 aliphatic carbocycles. The number of fused-ring (bicyclic) bond motifs is 6. The third-order valence-corrected chi connectivity index (χ3v) is 14.8. The quantitative estimate of drug-likeness (QED) is 0.160. The number of hydrogen-bond acceptors (Lipinski definition) is 2. The molecule has 4 nitrogen and oxygen atoms in total. The third kappa shape index (κ3) is 7.61. The molecule has 0 N–H and O–H groups in total. The standard InChI is InChI=1S/C67H45F3N4/c1-40-13-5-9-17-52(40)45-21-25-56-57-26-22-46(53-18-10-6-14-41(53)2)33-63(57)73(62(56)32-45)61-37-60(49-29-44(38-71)30-51(31-49)67(68,69)70)66(36-50(61)39-72)74-64-34-47(54-19-11-7-15-42(54)3)23-27-58(64)59-28-24-48(35-65(59)74)55-20-12-8-16-43(55)4/h5-37H,1-4H3. The maximum Gasteiger partial charge on any atom is 0.416 e. The molecule has 0 unspecified atom stereocenters. The van der Waals surface area contributed by atoms with Crippen molar-refractivity contribution in [3.05, 3.63) is 239 Å². The topological polar surface area (TPSA) is 57.4 Å². The van der Waals surface area contributed by atoms with E-state index in [9.17, 15) is 10.5 Å². The van der Waals surface area contributed by atoms with Gasteiger partial charge in [-0.25, -0.2) is 0 Å². The van der Waals surface area contributed by atoms with Crippen molar-refractivity contribution >= 4 is 43.6 Å². The number of aromatic nitrogens is 2. The zero-order chi connectivity index (χ0) is 51.0. The molecule has 0 atom stereocenters. The van der Waals surface area contributed by atoms with Crippen LogP contribution < -0.4 is 0 Å². The highest BCUT2D eigenvalue weighted by Gasteiger charge is 2.32. The van der Waals surface area contributed by atoms with Gasteiger partial charge in [0.15, 0.2) is 0 Å². The van der Waals surface area contributed by atoms with Crippen LogP contribution in [0, 0.1) is 50.4 Å². The van der Waals surface area contributed by atoms with Gasteiger partial charge in [-0.1, -0.05) is 146 Å². The number of alkyl halides is 3. The predicted octanol–water partition coefficient (Wildman–Crippen LogP) is 18.2. The number of aryl methyl sites for hydroxylation is 4. The molecule has 0 aliphatic heterocycles. The third-order valence-electron chi connectivity index (χ3n) is 14.8. The summed E-state index contributed by atoms with van der Waals surface area (Å²) in [6, 6.07) is 70.0. The summed E-state index contributed by atoms with van der Waals surface area (Å²) in [6.07, 6.45) is -4.76. The molecule has 0 saturated heterocycles. The Kier molecular flexibility index (Phi) is 10.9. The van der Waals surface area contributed by atoms with Crippen molar-refractivity contribution in [2.24, 2.45) is 0 Å². The van der Waals surface area contributed by atoms with E-state index in [1.54, 1.807) is 0 Å². The van der Waals surface area contributed by atoms with Gasteiger partial charge in [0.05, 0.1) is 56.2 Å². The van der Waals surface area contributed by atoms with Gasteiger partial charge in [-0.3, -0.25) is 0 Å². The summed E-state index contributed by atoms with van der Waals surface area (Å²) >= 11 is 0. The smallest absolute Gasteiger partial charge is 0.309 e. The first-order chi connectivity index (χ1) is 35.9. The van der Waals surface area contributed by atoms with E-state index in [0.717, 1.165) is 123 Å². The van der Waals surface area contributed by atoms with Crippen LogP contribution in [0.25, 0.3) is 111 Å². The molecule has 7 heteroatoms. The monoisotopic (exact) mass is 962 g/mol. The molecule has 0 saturated carbocycles. The SMILES string of the molecule is Cc1ccccc1-c1ccc2c3ccc(-c4ccccc4C)cc3n(-c3cc(-c4cc(C#N)cc(C(F)(F)F)c4)c(-n4c5cc(-c6ccccc6C)ccc5c5ccc(-c6ccccc6C)cc54)cc3C#N)c2c1. The molecule has 10 aromatic carbocycles. The van der Waals surface area contributed by atoms with Crippen LogP contribution in [0.2, 0.25) is 0 Å². The Morgan fingerprint density at radius 3 is 1.05 bits per heavy atom. The van der Waals surface area contributed by atoms with Crippen LogP contribution in [0.4, 0.5) is 13.2 Å². The van der Waals surface area contributed by atoms with Gasteiger partial charge in [0, 0.05) is 27.1 Å².